The number of nitrogens with zero attached hydrogens (tertiary/aromatic N) is 3. The molecule has 0 saturated carbocycles. The van der Waals surface area contributed by atoms with Crippen LogP contribution in [0.25, 0.3) is 22.6 Å². The van der Waals surface area contributed by atoms with Gasteiger partial charge in [0.05, 0.1) is 12.2 Å². The average Bonchev–Trinajstić information content (AvgIpc) is 3.42. The van der Waals surface area contributed by atoms with Gasteiger partial charge in [-0.2, -0.15) is 16.4 Å². The van der Waals surface area contributed by atoms with Crippen molar-refractivity contribution in [1.29, 1.82) is 0 Å². The van der Waals surface area contributed by atoms with Gasteiger partial charge in [0.1, 0.15) is 0 Å². The molecule has 4 rings (SSSR count). The van der Waals surface area contributed by atoms with Crippen LogP contribution in [0.3, 0.4) is 0 Å². The van der Waals surface area contributed by atoms with Gasteiger partial charge in [0.25, 0.3) is 5.91 Å². The van der Waals surface area contributed by atoms with Crippen LogP contribution in [-0.2, 0) is 6.54 Å². The number of aromatic nitrogens is 3. The van der Waals surface area contributed by atoms with E-state index in [0.717, 1.165) is 16.8 Å². The van der Waals surface area contributed by atoms with Crippen molar-refractivity contribution < 1.29 is 9.32 Å². The highest BCUT2D eigenvalue weighted by molar-refractivity contribution is 7.08. The second kappa shape index (κ2) is 7.37. The molecule has 0 aliphatic rings. The maximum atomic E-state index is 12.2. The van der Waals surface area contributed by atoms with Crippen LogP contribution in [0.4, 0.5) is 0 Å². The molecule has 130 valence electrons. The number of benzene rings is 1. The molecule has 3 heterocycles. The topological polar surface area (TPSA) is 73.0 Å². The van der Waals surface area contributed by atoms with E-state index < -0.39 is 0 Å². The summed E-state index contributed by atoms with van der Waals surface area (Å²) in [5.74, 6) is 0.310. The molecule has 1 amide bonds. The lowest BCUT2D eigenvalue weighted by atomic mass is 10.1. The largest absolute Gasteiger partial charge is 0.355 e. The van der Waals surface area contributed by atoms with E-state index in [1.54, 1.807) is 17.4 Å². The molecular formula is C19H16N4O2S. The van der Waals surface area contributed by atoms with Crippen molar-refractivity contribution in [3.05, 3.63) is 71.2 Å². The van der Waals surface area contributed by atoms with Gasteiger partial charge in [-0.15, -0.1) is 0 Å². The molecule has 6 nitrogen and oxygen atoms in total. The highest BCUT2D eigenvalue weighted by atomic mass is 32.1. The van der Waals surface area contributed by atoms with Crippen molar-refractivity contribution in [3.8, 4) is 22.6 Å². The fourth-order valence-electron chi connectivity index (χ4n) is 2.55. The molecular weight excluding hydrogens is 348 g/mol. The van der Waals surface area contributed by atoms with Crippen LogP contribution in [0.15, 0.2) is 70.0 Å². The highest BCUT2D eigenvalue weighted by Gasteiger charge is 2.13. The maximum Gasteiger partial charge on any atom is 0.273 e. The molecule has 0 atom stereocenters. The Labute approximate surface area is 154 Å². The van der Waals surface area contributed by atoms with E-state index in [2.05, 4.69) is 21.0 Å². The molecule has 0 unspecified atom stereocenters. The number of amides is 1. The van der Waals surface area contributed by atoms with Gasteiger partial charge in [0, 0.05) is 35.3 Å². The predicted octanol–water partition coefficient (Wildman–Crippen LogP) is 3.70. The van der Waals surface area contributed by atoms with Crippen LogP contribution in [0.2, 0.25) is 0 Å². The Morgan fingerprint density at radius 1 is 1.15 bits per heavy atom. The zero-order valence-corrected chi connectivity index (χ0v) is 14.6. The van der Waals surface area contributed by atoms with E-state index in [0.29, 0.717) is 18.8 Å². The summed E-state index contributed by atoms with van der Waals surface area (Å²) in [5.41, 5.74) is 3.19. The molecule has 0 radical (unpaired) electrons. The third-order valence-electron chi connectivity index (χ3n) is 3.89. The molecule has 1 aromatic carbocycles. The van der Waals surface area contributed by atoms with Crippen molar-refractivity contribution in [2.24, 2.45) is 0 Å². The summed E-state index contributed by atoms with van der Waals surface area (Å²) in [6.07, 6.45) is 1.91. The third-order valence-corrected chi connectivity index (χ3v) is 4.57. The lowest BCUT2D eigenvalue weighted by Crippen LogP contribution is -2.27. The molecule has 0 saturated heterocycles. The van der Waals surface area contributed by atoms with Crippen LogP contribution < -0.4 is 5.32 Å². The minimum absolute atomic E-state index is 0.263. The van der Waals surface area contributed by atoms with E-state index in [9.17, 15) is 4.79 Å². The maximum absolute atomic E-state index is 12.2. The standard InChI is InChI=1S/C19H16N4O2S/c24-19(17-12-18(25-22-17)14-4-2-1-3-5-14)20-8-10-23-9-6-16(21-23)15-7-11-26-13-15/h1-7,9,11-13H,8,10H2,(H,20,24). The highest BCUT2D eigenvalue weighted by Crippen LogP contribution is 2.20. The lowest BCUT2D eigenvalue weighted by Gasteiger charge is -2.03. The Kier molecular flexibility index (Phi) is 4.61. The summed E-state index contributed by atoms with van der Waals surface area (Å²) in [4.78, 5) is 12.2. The number of hydrogen-bond acceptors (Lipinski definition) is 5. The molecule has 4 aromatic rings. The summed E-state index contributed by atoms with van der Waals surface area (Å²) >= 11 is 1.64. The van der Waals surface area contributed by atoms with Crippen molar-refractivity contribution in [3.63, 3.8) is 0 Å². The first-order valence-corrected chi connectivity index (χ1v) is 9.10. The van der Waals surface area contributed by atoms with E-state index in [-0.39, 0.29) is 11.6 Å². The number of carbonyl (C=O) groups is 1. The second-order valence-corrected chi connectivity index (χ2v) is 6.45. The van der Waals surface area contributed by atoms with Crippen LogP contribution in [0, 0.1) is 0 Å². The van der Waals surface area contributed by atoms with Gasteiger partial charge in [-0.1, -0.05) is 35.5 Å². The minimum atomic E-state index is -0.263. The molecule has 0 spiro atoms. The summed E-state index contributed by atoms with van der Waals surface area (Å²) in [6, 6.07) is 15.2. The molecule has 0 aliphatic carbocycles. The SMILES string of the molecule is O=C(NCCn1ccc(-c2ccsc2)n1)c1cc(-c2ccccc2)on1. The summed E-state index contributed by atoms with van der Waals surface area (Å²) in [5, 5.41) is 15.3. The lowest BCUT2D eigenvalue weighted by molar-refractivity contribution is 0.0943. The molecule has 26 heavy (non-hydrogen) atoms. The first kappa shape index (κ1) is 16.3. The average molecular weight is 364 g/mol. The smallest absolute Gasteiger partial charge is 0.273 e. The molecule has 0 fully saturated rings. The Morgan fingerprint density at radius 2 is 2.04 bits per heavy atom. The predicted molar refractivity (Wildman–Crippen MR) is 99.8 cm³/mol. The van der Waals surface area contributed by atoms with E-state index in [1.165, 1.54) is 0 Å². The Morgan fingerprint density at radius 3 is 2.85 bits per heavy atom. The Bertz CT molecular complexity index is 990. The van der Waals surface area contributed by atoms with E-state index in [1.807, 2.05) is 58.7 Å². The van der Waals surface area contributed by atoms with Gasteiger partial charge in [-0.3, -0.25) is 9.48 Å². The van der Waals surface area contributed by atoms with Crippen LogP contribution >= 0.6 is 11.3 Å². The van der Waals surface area contributed by atoms with Crippen molar-refractivity contribution in [2.45, 2.75) is 6.54 Å². The van der Waals surface area contributed by atoms with Crippen molar-refractivity contribution in [2.75, 3.05) is 6.54 Å². The minimum Gasteiger partial charge on any atom is -0.355 e. The number of rotatable bonds is 6. The summed E-state index contributed by atoms with van der Waals surface area (Å²) in [7, 11) is 0. The summed E-state index contributed by atoms with van der Waals surface area (Å²) in [6.45, 7) is 1.04. The first-order chi connectivity index (χ1) is 12.8. The van der Waals surface area contributed by atoms with Crippen LogP contribution in [0.1, 0.15) is 10.5 Å². The zero-order chi connectivity index (χ0) is 17.8. The second-order valence-electron chi connectivity index (χ2n) is 5.67. The normalized spacial score (nSPS) is 10.8. The van der Waals surface area contributed by atoms with Crippen LogP contribution in [0.5, 0.6) is 0 Å². The molecule has 7 heteroatoms. The molecule has 0 aliphatic heterocycles. The van der Waals surface area contributed by atoms with Gasteiger partial charge in [0.2, 0.25) is 0 Å². The molecule has 1 N–H and O–H groups in total. The van der Waals surface area contributed by atoms with Gasteiger partial charge < -0.3 is 9.84 Å². The Hall–Kier alpha value is -3.19. The molecule has 0 bridgehead atoms. The third kappa shape index (κ3) is 3.57. The number of thiophene rings is 1. The van der Waals surface area contributed by atoms with Gasteiger partial charge in [0.15, 0.2) is 11.5 Å². The zero-order valence-electron chi connectivity index (χ0n) is 13.8. The fraction of sp³-hybridized carbons (Fsp3) is 0.105. The Balaban J connectivity index is 1.33. The van der Waals surface area contributed by atoms with Gasteiger partial charge in [-0.05, 0) is 17.5 Å². The van der Waals surface area contributed by atoms with Crippen LogP contribution in [-0.4, -0.2) is 27.4 Å². The van der Waals surface area contributed by atoms with E-state index in [4.69, 9.17) is 4.52 Å². The first-order valence-electron chi connectivity index (χ1n) is 8.16. The van der Waals surface area contributed by atoms with E-state index >= 15 is 0 Å². The number of nitrogens with one attached hydrogen (secondary N) is 1. The summed E-state index contributed by atoms with van der Waals surface area (Å²) < 4.78 is 7.06. The fourth-order valence-corrected chi connectivity index (χ4v) is 3.20. The van der Waals surface area contributed by atoms with Crippen molar-refractivity contribution >= 4 is 17.2 Å². The van der Waals surface area contributed by atoms with Crippen molar-refractivity contribution in [1.82, 2.24) is 20.3 Å². The van der Waals surface area contributed by atoms with Gasteiger partial charge >= 0.3 is 0 Å². The van der Waals surface area contributed by atoms with Gasteiger partial charge in [-0.25, -0.2) is 0 Å². The molecule has 3 aromatic heterocycles. The number of hydrogen-bond donors (Lipinski definition) is 1. The quantitative estimate of drug-likeness (QED) is 0.566. The monoisotopic (exact) mass is 364 g/mol. The number of carbonyl (C=O) groups excluding carboxylic acids is 1.